The quantitative estimate of drug-likeness (QED) is 0.399. The van der Waals surface area contributed by atoms with E-state index in [2.05, 4.69) is 20.6 Å². The molecule has 0 aromatic carbocycles. The number of halogens is 4. The van der Waals surface area contributed by atoms with Gasteiger partial charge in [-0.05, 0) is 49.7 Å². The molecule has 2 heterocycles. The van der Waals surface area contributed by atoms with E-state index in [4.69, 9.17) is 23.8 Å². The van der Waals surface area contributed by atoms with Gasteiger partial charge in [0.25, 0.3) is 0 Å². The first-order chi connectivity index (χ1) is 13.4. The highest BCUT2D eigenvalue weighted by molar-refractivity contribution is 7.80. The number of aryl methyl sites for hydroxylation is 1. The van der Waals surface area contributed by atoms with Crippen LogP contribution in [0, 0.1) is 0 Å². The van der Waals surface area contributed by atoms with Gasteiger partial charge in [0.2, 0.25) is 0 Å². The largest absolute Gasteiger partial charge is 0.417 e. The summed E-state index contributed by atoms with van der Waals surface area (Å²) in [5.74, 6) is 0. The predicted octanol–water partition coefficient (Wildman–Crippen LogP) is 5.63. The molecule has 0 amide bonds. The summed E-state index contributed by atoms with van der Waals surface area (Å²) in [6, 6.07) is 4.66. The molecule has 9 heteroatoms. The molecule has 0 saturated heterocycles. The SMILES string of the molecule is FC(F)(F)c1cnc(CCCCCCCNC(=S)Nc2cccnc2)c(Cl)c1. The van der Waals surface area contributed by atoms with Crippen LogP contribution < -0.4 is 10.6 Å². The number of alkyl halides is 3. The van der Waals surface area contributed by atoms with E-state index in [9.17, 15) is 13.2 Å². The van der Waals surface area contributed by atoms with Crippen LogP contribution in [-0.4, -0.2) is 21.6 Å². The van der Waals surface area contributed by atoms with Gasteiger partial charge in [-0.15, -0.1) is 0 Å². The van der Waals surface area contributed by atoms with Crippen molar-refractivity contribution in [3.63, 3.8) is 0 Å². The molecular formula is C19H22ClF3N4S. The molecular weight excluding hydrogens is 409 g/mol. The van der Waals surface area contributed by atoms with Crippen molar-refractivity contribution in [2.75, 3.05) is 11.9 Å². The van der Waals surface area contributed by atoms with Crippen LogP contribution in [0.15, 0.2) is 36.8 Å². The summed E-state index contributed by atoms with van der Waals surface area (Å²) in [5, 5.41) is 6.85. The molecule has 2 aromatic heterocycles. The number of hydrogen-bond donors (Lipinski definition) is 2. The van der Waals surface area contributed by atoms with E-state index in [0.717, 1.165) is 56.6 Å². The van der Waals surface area contributed by atoms with Crippen molar-refractivity contribution < 1.29 is 13.2 Å². The van der Waals surface area contributed by atoms with E-state index in [1.807, 2.05) is 12.1 Å². The molecule has 0 aliphatic heterocycles. The molecule has 0 unspecified atom stereocenters. The second kappa shape index (κ2) is 11.2. The monoisotopic (exact) mass is 430 g/mol. The molecule has 0 saturated carbocycles. The Labute approximate surface area is 172 Å². The first-order valence-corrected chi connectivity index (χ1v) is 9.81. The first kappa shape index (κ1) is 22.4. The summed E-state index contributed by atoms with van der Waals surface area (Å²) in [5.41, 5.74) is 0.545. The van der Waals surface area contributed by atoms with Gasteiger partial charge >= 0.3 is 6.18 Å². The molecule has 0 bridgehead atoms. The lowest BCUT2D eigenvalue weighted by Gasteiger charge is -2.10. The number of nitrogens with zero attached hydrogens (tertiary/aromatic N) is 2. The van der Waals surface area contributed by atoms with Gasteiger partial charge in [-0.2, -0.15) is 13.2 Å². The number of thiocarbonyl (C=S) groups is 1. The Morgan fingerprint density at radius 1 is 1.11 bits per heavy atom. The molecule has 152 valence electrons. The van der Waals surface area contributed by atoms with Gasteiger partial charge in [0.05, 0.1) is 28.2 Å². The van der Waals surface area contributed by atoms with E-state index in [-0.39, 0.29) is 5.02 Å². The third-order valence-corrected chi connectivity index (χ3v) is 4.61. The van der Waals surface area contributed by atoms with Crippen LogP contribution in [0.1, 0.15) is 43.4 Å². The van der Waals surface area contributed by atoms with Gasteiger partial charge in [-0.1, -0.05) is 30.9 Å². The highest BCUT2D eigenvalue weighted by Gasteiger charge is 2.31. The van der Waals surface area contributed by atoms with E-state index >= 15 is 0 Å². The lowest BCUT2D eigenvalue weighted by molar-refractivity contribution is -0.137. The van der Waals surface area contributed by atoms with E-state index in [1.165, 1.54) is 0 Å². The van der Waals surface area contributed by atoms with Crippen molar-refractivity contribution in [2.45, 2.75) is 44.7 Å². The summed E-state index contributed by atoms with van der Waals surface area (Å²) in [6.07, 6.45) is 5.26. The van der Waals surface area contributed by atoms with Gasteiger partial charge in [0.15, 0.2) is 5.11 Å². The van der Waals surface area contributed by atoms with E-state index in [0.29, 0.717) is 17.2 Å². The number of unbranched alkanes of at least 4 members (excludes halogenated alkanes) is 4. The zero-order valence-electron chi connectivity index (χ0n) is 15.2. The fourth-order valence-corrected chi connectivity index (χ4v) is 3.05. The maximum atomic E-state index is 12.6. The van der Waals surface area contributed by atoms with Crippen molar-refractivity contribution in [3.8, 4) is 0 Å². The van der Waals surface area contributed by atoms with Gasteiger partial charge in [0, 0.05) is 18.9 Å². The van der Waals surface area contributed by atoms with Gasteiger partial charge < -0.3 is 10.6 Å². The highest BCUT2D eigenvalue weighted by atomic mass is 35.5. The van der Waals surface area contributed by atoms with Crippen molar-refractivity contribution >= 4 is 34.6 Å². The summed E-state index contributed by atoms with van der Waals surface area (Å²) in [7, 11) is 0. The number of pyridine rings is 2. The minimum absolute atomic E-state index is 0.0775. The molecule has 0 fully saturated rings. The summed E-state index contributed by atoms with van der Waals surface area (Å²) < 4.78 is 37.8. The molecule has 0 aliphatic carbocycles. The Hall–Kier alpha value is -1.93. The molecule has 2 aromatic rings. The zero-order chi connectivity index (χ0) is 20.4. The Morgan fingerprint density at radius 3 is 2.54 bits per heavy atom. The summed E-state index contributed by atoms with van der Waals surface area (Å²) >= 11 is 11.1. The fraction of sp³-hybridized carbons (Fsp3) is 0.421. The predicted molar refractivity (Wildman–Crippen MR) is 109 cm³/mol. The molecule has 0 aliphatic rings. The van der Waals surface area contributed by atoms with Crippen LogP contribution in [-0.2, 0) is 12.6 Å². The minimum Gasteiger partial charge on any atom is -0.362 e. The Bertz CT molecular complexity index is 757. The van der Waals surface area contributed by atoms with Gasteiger partial charge in [-0.3, -0.25) is 9.97 Å². The van der Waals surface area contributed by atoms with Crippen LogP contribution in [0.5, 0.6) is 0 Å². The maximum absolute atomic E-state index is 12.6. The first-order valence-electron chi connectivity index (χ1n) is 9.03. The molecule has 0 spiro atoms. The Kier molecular flexibility index (Phi) is 8.92. The van der Waals surface area contributed by atoms with Crippen LogP contribution >= 0.6 is 23.8 Å². The topological polar surface area (TPSA) is 49.8 Å². The molecule has 0 radical (unpaired) electrons. The van der Waals surface area contributed by atoms with Crippen LogP contribution in [0.25, 0.3) is 0 Å². The Morgan fingerprint density at radius 2 is 1.86 bits per heavy atom. The fourth-order valence-electron chi connectivity index (χ4n) is 2.57. The normalized spacial score (nSPS) is 11.3. The van der Waals surface area contributed by atoms with Crippen molar-refractivity contribution in [1.29, 1.82) is 0 Å². The molecule has 0 atom stereocenters. The summed E-state index contributed by atoms with van der Waals surface area (Å²) in [4.78, 5) is 7.86. The third-order valence-electron chi connectivity index (χ3n) is 4.04. The zero-order valence-corrected chi connectivity index (χ0v) is 16.8. The second-order valence-electron chi connectivity index (χ2n) is 6.29. The lowest BCUT2D eigenvalue weighted by Crippen LogP contribution is -2.29. The van der Waals surface area contributed by atoms with E-state index in [1.54, 1.807) is 12.4 Å². The standard InChI is InChI=1S/C19H22ClF3N4S/c20-16-11-14(19(21,22)23)12-26-17(16)8-4-2-1-3-5-10-25-18(28)27-15-7-6-9-24-13-15/h6-7,9,11-13H,1-5,8,10H2,(H2,25,27,28). The number of anilines is 1. The molecule has 4 nitrogen and oxygen atoms in total. The van der Waals surface area contributed by atoms with Crippen LogP contribution in [0.2, 0.25) is 5.02 Å². The van der Waals surface area contributed by atoms with Crippen molar-refractivity contribution in [3.05, 3.63) is 53.1 Å². The number of rotatable bonds is 9. The van der Waals surface area contributed by atoms with Crippen molar-refractivity contribution in [2.24, 2.45) is 0 Å². The molecule has 2 N–H and O–H groups in total. The maximum Gasteiger partial charge on any atom is 0.417 e. The minimum atomic E-state index is -4.42. The van der Waals surface area contributed by atoms with Crippen LogP contribution in [0.4, 0.5) is 18.9 Å². The van der Waals surface area contributed by atoms with Gasteiger partial charge in [0.1, 0.15) is 0 Å². The molecule has 2 rings (SSSR count). The number of nitrogens with one attached hydrogen (secondary N) is 2. The molecule has 28 heavy (non-hydrogen) atoms. The second-order valence-corrected chi connectivity index (χ2v) is 7.11. The average molecular weight is 431 g/mol. The van der Waals surface area contributed by atoms with Crippen LogP contribution in [0.3, 0.4) is 0 Å². The lowest BCUT2D eigenvalue weighted by atomic mass is 10.1. The highest BCUT2D eigenvalue weighted by Crippen LogP contribution is 2.31. The van der Waals surface area contributed by atoms with Gasteiger partial charge in [-0.25, -0.2) is 0 Å². The third kappa shape index (κ3) is 7.98. The number of hydrogen-bond acceptors (Lipinski definition) is 3. The summed E-state index contributed by atoms with van der Waals surface area (Å²) in [6.45, 7) is 0.776. The van der Waals surface area contributed by atoms with E-state index < -0.39 is 11.7 Å². The van der Waals surface area contributed by atoms with Crippen molar-refractivity contribution in [1.82, 2.24) is 15.3 Å². The number of aromatic nitrogens is 2. The average Bonchev–Trinajstić information content (AvgIpc) is 2.65. The Balaban J connectivity index is 1.54. The smallest absolute Gasteiger partial charge is 0.362 e.